The molecular formula is C20H27FN4O2. The van der Waals surface area contributed by atoms with Crippen molar-refractivity contribution in [1.82, 2.24) is 20.0 Å². The molecule has 0 bridgehead atoms. The smallest absolute Gasteiger partial charge is 0.318 e. The molecule has 7 heteroatoms. The third-order valence-corrected chi connectivity index (χ3v) is 5.19. The molecule has 0 radical (unpaired) electrons. The number of methoxy groups -OCH3 is 1. The lowest BCUT2D eigenvalue weighted by Crippen LogP contribution is -2.46. The summed E-state index contributed by atoms with van der Waals surface area (Å²) < 4.78 is 20.0. The van der Waals surface area contributed by atoms with Crippen molar-refractivity contribution < 1.29 is 13.9 Å². The molecule has 1 aliphatic heterocycles. The van der Waals surface area contributed by atoms with Gasteiger partial charge in [-0.2, -0.15) is 5.10 Å². The SMILES string of the molecule is COCC(NC(=O)N1CCC(Cc2ccc(F)cc2)CC1)c1ccnn1C. The average Bonchev–Trinajstić information content (AvgIpc) is 3.09. The lowest BCUT2D eigenvalue weighted by atomic mass is 9.90. The molecule has 1 atom stereocenters. The predicted molar refractivity (Wildman–Crippen MR) is 101 cm³/mol. The van der Waals surface area contributed by atoms with Crippen molar-refractivity contribution in [1.29, 1.82) is 0 Å². The maximum absolute atomic E-state index is 13.0. The Labute approximate surface area is 159 Å². The standard InChI is InChI=1S/C20H27FN4O2/c1-24-19(7-10-22-24)18(14-27-2)23-20(26)25-11-8-16(9-12-25)13-15-3-5-17(21)6-4-15/h3-7,10,16,18H,8-9,11-14H2,1-2H3,(H,23,26). The fourth-order valence-electron chi connectivity index (χ4n) is 3.63. The van der Waals surface area contributed by atoms with Crippen molar-refractivity contribution in [2.75, 3.05) is 26.8 Å². The summed E-state index contributed by atoms with van der Waals surface area (Å²) in [5, 5.41) is 7.23. The molecule has 0 saturated carbocycles. The van der Waals surface area contributed by atoms with E-state index in [0.29, 0.717) is 12.5 Å². The van der Waals surface area contributed by atoms with Gasteiger partial charge in [0.1, 0.15) is 5.82 Å². The third kappa shape index (κ3) is 5.07. The molecule has 2 heterocycles. The van der Waals surface area contributed by atoms with Gasteiger partial charge in [0.05, 0.1) is 18.3 Å². The number of benzene rings is 1. The van der Waals surface area contributed by atoms with Gasteiger partial charge in [-0.05, 0) is 48.9 Å². The van der Waals surface area contributed by atoms with E-state index in [1.807, 2.05) is 30.1 Å². The highest BCUT2D eigenvalue weighted by molar-refractivity contribution is 5.74. The summed E-state index contributed by atoms with van der Waals surface area (Å²) in [5.74, 6) is 0.315. The van der Waals surface area contributed by atoms with Crippen molar-refractivity contribution >= 4 is 6.03 Å². The van der Waals surface area contributed by atoms with Crippen molar-refractivity contribution in [2.45, 2.75) is 25.3 Å². The van der Waals surface area contributed by atoms with Crippen molar-refractivity contribution in [3.63, 3.8) is 0 Å². The molecule has 0 spiro atoms. The average molecular weight is 374 g/mol. The molecule has 1 unspecified atom stereocenters. The lowest BCUT2D eigenvalue weighted by Gasteiger charge is -2.33. The highest BCUT2D eigenvalue weighted by Crippen LogP contribution is 2.22. The molecule has 3 rings (SSSR count). The zero-order chi connectivity index (χ0) is 19.2. The first-order chi connectivity index (χ1) is 13.1. The van der Waals surface area contributed by atoms with E-state index in [9.17, 15) is 9.18 Å². The van der Waals surface area contributed by atoms with Crippen LogP contribution in [0, 0.1) is 11.7 Å². The lowest BCUT2D eigenvalue weighted by molar-refractivity contribution is 0.142. The summed E-state index contributed by atoms with van der Waals surface area (Å²) in [6, 6.07) is 8.29. The highest BCUT2D eigenvalue weighted by atomic mass is 19.1. The summed E-state index contributed by atoms with van der Waals surface area (Å²) in [7, 11) is 3.47. The Kier molecular flexibility index (Phi) is 6.45. The van der Waals surface area contributed by atoms with E-state index in [-0.39, 0.29) is 17.9 Å². The number of carbonyl (C=O) groups excluding carboxylic acids is 1. The maximum Gasteiger partial charge on any atom is 0.318 e. The van der Waals surface area contributed by atoms with Crippen LogP contribution in [0.25, 0.3) is 0 Å². The topological polar surface area (TPSA) is 59.4 Å². The molecule has 1 fully saturated rings. The van der Waals surface area contributed by atoms with E-state index in [1.54, 1.807) is 18.0 Å². The molecule has 6 nitrogen and oxygen atoms in total. The summed E-state index contributed by atoms with van der Waals surface area (Å²) in [4.78, 5) is 14.5. The van der Waals surface area contributed by atoms with E-state index >= 15 is 0 Å². The number of nitrogens with zero attached hydrogens (tertiary/aromatic N) is 3. The van der Waals surface area contributed by atoms with Crippen LogP contribution in [0.4, 0.5) is 9.18 Å². The molecule has 27 heavy (non-hydrogen) atoms. The molecule has 1 saturated heterocycles. The first-order valence-electron chi connectivity index (χ1n) is 9.33. The van der Waals surface area contributed by atoms with E-state index in [2.05, 4.69) is 10.4 Å². The second kappa shape index (κ2) is 8.99. The van der Waals surface area contributed by atoms with Gasteiger partial charge >= 0.3 is 6.03 Å². The Balaban J connectivity index is 1.51. The molecule has 2 amide bonds. The van der Waals surface area contributed by atoms with Gasteiger partial charge in [0.15, 0.2) is 0 Å². The third-order valence-electron chi connectivity index (χ3n) is 5.19. The number of carbonyl (C=O) groups is 1. The van der Waals surface area contributed by atoms with Crippen molar-refractivity contribution in [2.24, 2.45) is 13.0 Å². The van der Waals surface area contributed by atoms with Gasteiger partial charge in [-0.1, -0.05) is 12.1 Å². The molecule has 2 aromatic rings. The number of amides is 2. The number of piperidine rings is 1. The van der Waals surface area contributed by atoms with Crippen LogP contribution >= 0.6 is 0 Å². The van der Waals surface area contributed by atoms with Crippen LogP contribution in [-0.4, -0.2) is 47.5 Å². The molecule has 146 valence electrons. The zero-order valence-electron chi connectivity index (χ0n) is 15.9. The normalized spacial score (nSPS) is 16.3. The first-order valence-corrected chi connectivity index (χ1v) is 9.33. The number of halogens is 1. The van der Waals surface area contributed by atoms with Crippen LogP contribution in [0.2, 0.25) is 0 Å². The van der Waals surface area contributed by atoms with E-state index in [0.717, 1.165) is 43.6 Å². The Morgan fingerprint density at radius 2 is 2.00 bits per heavy atom. The van der Waals surface area contributed by atoms with Gasteiger partial charge < -0.3 is 15.0 Å². The van der Waals surface area contributed by atoms with E-state index in [1.165, 1.54) is 12.1 Å². The summed E-state index contributed by atoms with van der Waals surface area (Å²) in [6.45, 7) is 1.85. The number of hydrogen-bond acceptors (Lipinski definition) is 3. The quantitative estimate of drug-likeness (QED) is 0.846. The predicted octanol–water partition coefficient (Wildman–Crippen LogP) is 2.91. The van der Waals surface area contributed by atoms with Crippen molar-refractivity contribution in [3.8, 4) is 0 Å². The van der Waals surface area contributed by atoms with Crippen LogP contribution in [0.3, 0.4) is 0 Å². The van der Waals surface area contributed by atoms with Gasteiger partial charge in [0.2, 0.25) is 0 Å². The number of rotatable bonds is 6. The second-order valence-corrected chi connectivity index (χ2v) is 7.10. The fourth-order valence-corrected chi connectivity index (χ4v) is 3.63. The van der Waals surface area contributed by atoms with Gasteiger partial charge in [0, 0.05) is 33.4 Å². The minimum Gasteiger partial charge on any atom is -0.382 e. The number of aromatic nitrogens is 2. The van der Waals surface area contributed by atoms with Crippen LogP contribution in [0.1, 0.15) is 30.1 Å². The van der Waals surface area contributed by atoms with Crippen LogP contribution in [0.5, 0.6) is 0 Å². The van der Waals surface area contributed by atoms with Gasteiger partial charge in [-0.15, -0.1) is 0 Å². The number of urea groups is 1. The monoisotopic (exact) mass is 374 g/mol. The molecule has 1 aromatic carbocycles. The summed E-state index contributed by atoms with van der Waals surface area (Å²) in [5.41, 5.74) is 2.06. The Morgan fingerprint density at radius 1 is 1.30 bits per heavy atom. The molecular weight excluding hydrogens is 347 g/mol. The second-order valence-electron chi connectivity index (χ2n) is 7.10. The molecule has 1 aliphatic rings. The minimum atomic E-state index is -0.230. The maximum atomic E-state index is 13.0. The van der Waals surface area contributed by atoms with Crippen LogP contribution in [-0.2, 0) is 18.2 Å². The summed E-state index contributed by atoms with van der Waals surface area (Å²) >= 11 is 0. The van der Waals surface area contributed by atoms with Gasteiger partial charge in [-0.3, -0.25) is 4.68 Å². The van der Waals surface area contributed by atoms with E-state index < -0.39 is 0 Å². The minimum absolute atomic E-state index is 0.0708. The van der Waals surface area contributed by atoms with E-state index in [4.69, 9.17) is 4.74 Å². The van der Waals surface area contributed by atoms with Crippen molar-refractivity contribution in [3.05, 3.63) is 53.6 Å². The summed E-state index contributed by atoms with van der Waals surface area (Å²) in [6.07, 6.45) is 4.54. The number of nitrogens with one attached hydrogen (secondary N) is 1. The number of aryl methyl sites for hydroxylation is 1. The number of ether oxygens (including phenoxy) is 1. The highest BCUT2D eigenvalue weighted by Gasteiger charge is 2.25. The number of likely N-dealkylation sites (tertiary alicyclic amines) is 1. The Bertz CT molecular complexity index is 739. The van der Waals surface area contributed by atoms with Crippen LogP contribution in [0.15, 0.2) is 36.5 Å². The number of hydrogen-bond donors (Lipinski definition) is 1. The first kappa shape index (κ1) is 19.4. The zero-order valence-corrected chi connectivity index (χ0v) is 15.9. The largest absolute Gasteiger partial charge is 0.382 e. The molecule has 1 aromatic heterocycles. The Morgan fingerprint density at radius 3 is 2.59 bits per heavy atom. The Hall–Kier alpha value is -2.41. The molecule has 1 N–H and O–H groups in total. The van der Waals surface area contributed by atoms with Gasteiger partial charge in [0.25, 0.3) is 0 Å². The fraction of sp³-hybridized carbons (Fsp3) is 0.500. The molecule has 0 aliphatic carbocycles. The van der Waals surface area contributed by atoms with Crippen LogP contribution < -0.4 is 5.32 Å². The van der Waals surface area contributed by atoms with Gasteiger partial charge in [-0.25, -0.2) is 9.18 Å².